The average Bonchev–Trinajstić information content (AvgIpc) is 2.69. The number of likely N-dealkylation sites (tertiary alicyclic amines) is 1. The van der Waals surface area contributed by atoms with Crippen molar-refractivity contribution in [3.05, 3.63) is 0 Å². The quantitative estimate of drug-likeness (QED) is 0.861. The van der Waals surface area contributed by atoms with E-state index in [4.69, 9.17) is 0 Å². The summed E-state index contributed by atoms with van der Waals surface area (Å²) in [6.45, 7) is 12.9. The topological polar surface area (TPSA) is 49.4 Å². The van der Waals surface area contributed by atoms with E-state index in [0.29, 0.717) is 12.3 Å². The van der Waals surface area contributed by atoms with Crippen LogP contribution in [0.5, 0.6) is 0 Å². The molecule has 0 aromatic rings. The van der Waals surface area contributed by atoms with Crippen LogP contribution in [0.3, 0.4) is 0 Å². The van der Waals surface area contributed by atoms with Crippen molar-refractivity contribution in [2.75, 3.05) is 6.54 Å². The molecule has 2 unspecified atom stereocenters. The highest BCUT2D eigenvalue weighted by atomic mass is 16.2. The van der Waals surface area contributed by atoms with Crippen molar-refractivity contribution in [2.24, 2.45) is 11.3 Å². The van der Waals surface area contributed by atoms with Gasteiger partial charge in [0.2, 0.25) is 11.8 Å². The molecule has 0 aromatic carbocycles. The van der Waals surface area contributed by atoms with Gasteiger partial charge in [-0.3, -0.25) is 9.59 Å². The maximum absolute atomic E-state index is 12.7. The van der Waals surface area contributed by atoms with Crippen molar-refractivity contribution in [3.8, 4) is 0 Å². The van der Waals surface area contributed by atoms with E-state index in [2.05, 4.69) is 12.2 Å². The fraction of sp³-hybridized carbons (Fsp3) is 0.875. The molecule has 1 aliphatic heterocycles. The first kappa shape index (κ1) is 17.0. The highest BCUT2D eigenvalue weighted by molar-refractivity contribution is 5.88. The lowest BCUT2D eigenvalue weighted by atomic mass is 9.85. The summed E-state index contributed by atoms with van der Waals surface area (Å²) in [5, 5.41) is 2.96. The first-order valence-corrected chi connectivity index (χ1v) is 7.72. The smallest absolute Gasteiger partial charge is 0.245 e. The van der Waals surface area contributed by atoms with Gasteiger partial charge in [-0.05, 0) is 31.1 Å². The Morgan fingerprint density at radius 3 is 2.30 bits per heavy atom. The van der Waals surface area contributed by atoms with Gasteiger partial charge in [0.25, 0.3) is 0 Å². The molecule has 1 fully saturated rings. The van der Waals surface area contributed by atoms with Crippen LogP contribution in [0.4, 0.5) is 0 Å². The molecule has 1 N–H and O–H groups in total. The van der Waals surface area contributed by atoms with Crippen molar-refractivity contribution in [1.29, 1.82) is 0 Å². The van der Waals surface area contributed by atoms with Gasteiger partial charge in [-0.2, -0.15) is 0 Å². The van der Waals surface area contributed by atoms with Crippen LogP contribution in [0.25, 0.3) is 0 Å². The minimum Gasteiger partial charge on any atom is -0.344 e. The third-order valence-corrected chi connectivity index (χ3v) is 3.85. The Bertz CT molecular complexity index is 358. The van der Waals surface area contributed by atoms with E-state index in [0.717, 1.165) is 19.4 Å². The zero-order valence-corrected chi connectivity index (χ0v) is 13.8. The number of hydrogen-bond acceptors (Lipinski definition) is 2. The van der Waals surface area contributed by atoms with Gasteiger partial charge in [-0.25, -0.2) is 0 Å². The third-order valence-electron chi connectivity index (χ3n) is 3.85. The molecule has 2 atom stereocenters. The lowest BCUT2D eigenvalue weighted by Crippen LogP contribution is -2.55. The van der Waals surface area contributed by atoms with E-state index in [1.54, 1.807) is 0 Å². The predicted octanol–water partition coefficient (Wildman–Crippen LogP) is 2.57. The van der Waals surface area contributed by atoms with Crippen molar-refractivity contribution in [2.45, 2.75) is 72.9 Å². The number of nitrogens with one attached hydrogen (secondary N) is 1. The summed E-state index contributed by atoms with van der Waals surface area (Å²) in [5.41, 5.74) is -0.272. The van der Waals surface area contributed by atoms with Crippen LogP contribution in [0.1, 0.15) is 60.8 Å². The zero-order valence-electron chi connectivity index (χ0n) is 13.8. The Morgan fingerprint density at radius 2 is 1.90 bits per heavy atom. The second-order valence-corrected chi connectivity index (χ2v) is 7.49. The molecule has 0 spiro atoms. The SMILES string of the molecule is CC(C)CC(=O)NC(C(=O)N1CCCC1C)C(C)(C)C. The molecule has 0 aromatic heterocycles. The van der Waals surface area contributed by atoms with Crippen molar-refractivity contribution in [3.63, 3.8) is 0 Å². The molecule has 1 aliphatic rings. The minimum absolute atomic E-state index is 0.0277. The fourth-order valence-corrected chi connectivity index (χ4v) is 2.67. The Hall–Kier alpha value is -1.06. The van der Waals surface area contributed by atoms with Gasteiger partial charge in [0.1, 0.15) is 6.04 Å². The highest BCUT2D eigenvalue weighted by Gasteiger charge is 2.38. The van der Waals surface area contributed by atoms with E-state index < -0.39 is 6.04 Å². The second kappa shape index (κ2) is 6.59. The normalized spacial score (nSPS) is 21.1. The highest BCUT2D eigenvalue weighted by Crippen LogP contribution is 2.25. The Morgan fingerprint density at radius 1 is 1.30 bits per heavy atom. The number of rotatable bonds is 4. The summed E-state index contributed by atoms with van der Waals surface area (Å²) in [6, 6.07) is -0.149. The minimum atomic E-state index is -0.436. The van der Waals surface area contributed by atoms with E-state index in [1.807, 2.05) is 39.5 Å². The first-order valence-electron chi connectivity index (χ1n) is 7.72. The molecule has 4 nitrogen and oxygen atoms in total. The van der Waals surface area contributed by atoms with Gasteiger partial charge in [0.05, 0.1) is 0 Å². The largest absolute Gasteiger partial charge is 0.344 e. The number of hydrogen-bond donors (Lipinski definition) is 1. The van der Waals surface area contributed by atoms with Crippen molar-refractivity contribution >= 4 is 11.8 Å². The van der Waals surface area contributed by atoms with Crippen LogP contribution < -0.4 is 5.32 Å². The molecule has 116 valence electrons. The Labute approximate surface area is 123 Å². The Kier molecular flexibility index (Phi) is 5.60. The van der Waals surface area contributed by atoms with Crippen molar-refractivity contribution < 1.29 is 9.59 Å². The summed E-state index contributed by atoms with van der Waals surface area (Å²) in [4.78, 5) is 26.7. The van der Waals surface area contributed by atoms with Crippen LogP contribution in [0.2, 0.25) is 0 Å². The summed E-state index contributed by atoms with van der Waals surface area (Å²) in [6.07, 6.45) is 2.58. The lowest BCUT2D eigenvalue weighted by molar-refractivity contribution is -0.140. The van der Waals surface area contributed by atoms with Gasteiger partial charge in [0, 0.05) is 19.0 Å². The Balaban J connectivity index is 2.79. The summed E-state index contributed by atoms with van der Waals surface area (Å²) in [5.74, 6) is 0.344. The number of carbonyl (C=O) groups excluding carboxylic acids is 2. The molecule has 0 aliphatic carbocycles. The van der Waals surface area contributed by atoms with Crippen LogP contribution in [-0.4, -0.2) is 35.3 Å². The van der Waals surface area contributed by atoms with Gasteiger partial charge < -0.3 is 10.2 Å². The van der Waals surface area contributed by atoms with Gasteiger partial charge in [-0.15, -0.1) is 0 Å². The monoisotopic (exact) mass is 282 g/mol. The fourth-order valence-electron chi connectivity index (χ4n) is 2.67. The summed E-state index contributed by atoms with van der Waals surface area (Å²) >= 11 is 0. The standard InChI is InChI=1S/C16H30N2O2/c1-11(2)10-13(19)17-14(16(4,5)6)15(20)18-9-7-8-12(18)3/h11-12,14H,7-10H2,1-6H3,(H,17,19). The third kappa shape index (κ3) is 4.50. The molecule has 1 rings (SSSR count). The summed E-state index contributed by atoms with van der Waals surface area (Å²) in [7, 11) is 0. The van der Waals surface area contributed by atoms with E-state index in [-0.39, 0.29) is 23.3 Å². The molecular weight excluding hydrogens is 252 g/mol. The molecule has 0 saturated carbocycles. The number of amides is 2. The molecule has 4 heteroatoms. The maximum atomic E-state index is 12.7. The van der Waals surface area contributed by atoms with Gasteiger partial charge >= 0.3 is 0 Å². The van der Waals surface area contributed by atoms with E-state index >= 15 is 0 Å². The van der Waals surface area contributed by atoms with Crippen LogP contribution in [0.15, 0.2) is 0 Å². The molecule has 0 bridgehead atoms. The average molecular weight is 282 g/mol. The van der Waals surface area contributed by atoms with Gasteiger partial charge in [-0.1, -0.05) is 34.6 Å². The van der Waals surface area contributed by atoms with Crippen LogP contribution in [-0.2, 0) is 9.59 Å². The predicted molar refractivity (Wildman–Crippen MR) is 81.2 cm³/mol. The lowest BCUT2D eigenvalue weighted by Gasteiger charge is -2.35. The van der Waals surface area contributed by atoms with Crippen LogP contribution >= 0.6 is 0 Å². The molecule has 1 saturated heterocycles. The number of nitrogens with zero attached hydrogens (tertiary/aromatic N) is 1. The zero-order chi connectivity index (χ0) is 15.5. The van der Waals surface area contributed by atoms with E-state index in [1.165, 1.54) is 0 Å². The molecule has 1 heterocycles. The summed E-state index contributed by atoms with van der Waals surface area (Å²) < 4.78 is 0. The molecule has 0 radical (unpaired) electrons. The molecule has 2 amide bonds. The second-order valence-electron chi connectivity index (χ2n) is 7.49. The first-order chi connectivity index (χ1) is 9.12. The molecule has 20 heavy (non-hydrogen) atoms. The van der Waals surface area contributed by atoms with E-state index in [9.17, 15) is 9.59 Å². The van der Waals surface area contributed by atoms with Gasteiger partial charge in [0.15, 0.2) is 0 Å². The number of carbonyl (C=O) groups is 2. The van der Waals surface area contributed by atoms with Crippen LogP contribution in [0, 0.1) is 11.3 Å². The maximum Gasteiger partial charge on any atom is 0.245 e. The molecular formula is C16H30N2O2. The van der Waals surface area contributed by atoms with Crippen molar-refractivity contribution in [1.82, 2.24) is 10.2 Å².